The van der Waals surface area contributed by atoms with Crippen molar-refractivity contribution in [2.24, 2.45) is 5.73 Å². The molecule has 0 spiro atoms. The fourth-order valence-electron chi connectivity index (χ4n) is 2.08. The number of aromatic nitrogens is 2. The molecule has 0 amide bonds. The molecule has 0 atom stereocenters. The Kier molecular flexibility index (Phi) is 3.00. The normalized spacial score (nSPS) is 16.9. The zero-order chi connectivity index (χ0) is 13.3. The lowest BCUT2D eigenvalue weighted by Gasteiger charge is -2.38. The van der Waals surface area contributed by atoms with Crippen molar-refractivity contribution in [1.82, 2.24) is 9.97 Å². The second kappa shape index (κ2) is 4.68. The van der Waals surface area contributed by atoms with Gasteiger partial charge in [0.05, 0.1) is 24.3 Å². The minimum Gasteiger partial charge on any atom is -0.379 e. The highest BCUT2D eigenvalue weighted by Gasteiger charge is 2.42. The van der Waals surface area contributed by atoms with Gasteiger partial charge in [-0.2, -0.15) is 0 Å². The highest BCUT2D eigenvalue weighted by Crippen LogP contribution is 2.29. The summed E-state index contributed by atoms with van der Waals surface area (Å²) in [4.78, 5) is 8.85. The standard InChI is InChI=1S/C14H14FN3O/c15-11-3-1-10(2-4-11)12-5-6-17-13(18-12)14(7-16)8-19-9-14/h1-6H,7-9,16H2. The Labute approximate surface area is 110 Å². The molecule has 0 bridgehead atoms. The lowest BCUT2D eigenvalue weighted by Crippen LogP contribution is -2.53. The Bertz CT molecular complexity index is 576. The predicted octanol–water partition coefficient (Wildman–Crippen LogP) is 1.51. The lowest BCUT2D eigenvalue weighted by molar-refractivity contribution is -0.0593. The number of halogens is 1. The van der Waals surface area contributed by atoms with Crippen molar-refractivity contribution < 1.29 is 9.13 Å². The molecule has 0 aliphatic carbocycles. The van der Waals surface area contributed by atoms with Crippen LogP contribution in [0.4, 0.5) is 4.39 Å². The first-order chi connectivity index (χ1) is 9.23. The molecule has 1 fully saturated rings. The van der Waals surface area contributed by atoms with Crippen LogP contribution in [0.25, 0.3) is 11.3 Å². The fraction of sp³-hybridized carbons (Fsp3) is 0.286. The summed E-state index contributed by atoms with van der Waals surface area (Å²) in [7, 11) is 0. The van der Waals surface area contributed by atoms with Crippen molar-refractivity contribution in [1.29, 1.82) is 0 Å². The summed E-state index contributed by atoms with van der Waals surface area (Å²) in [5.74, 6) is 0.437. The average molecular weight is 259 g/mol. The van der Waals surface area contributed by atoms with Crippen molar-refractivity contribution in [2.75, 3.05) is 19.8 Å². The molecule has 5 heteroatoms. The van der Waals surface area contributed by atoms with Crippen molar-refractivity contribution in [3.8, 4) is 11.3 Å². The topological polar surface area (TPSA) is 61.0 Å². The van der Waals surface area contributed by atoms with Crippen LogP contribution in [0.5, 0.6) is 0 Å². The molecule has 1 aliphatic heterocycles. The van der Waals surface area contributed by atoms with Gasteiger partial charge in [-0.1, -0.05) is 0 Å². The van der Waals surface area contributed by atoms with E-state index in [-0.39, 0.29) is 11.2 Å². The molecule has 98 valence electrons. The molecule has 1 aromatic carbocycles. The van der Waals surface area contributed by atoms with E-state index in [4.69, 9.17) is 10.5 Å². The van der Waals surface area contributed by atoms with E-state index in [0.717, 1.165) is 11.3 Å². The highest BCUT2D eigenvalue weighted by molar-refractivity contribution is 5.58. The van der Waals surface area contributed by atoms with Gasteiger partial charge < -0.3 is 10.5 Å². The molecule has 4 nitrogen and oxygen atoms in total. The Balaban J connectivity index is 1.98. The van der Waals surface area contributed by atoms with Gasteiger partial charge in [0.1, 0.15) is 11.6 Å². The molecule has 0 unspecified atom stereocenters. The van der Waals surface area contributed by atoms with E-state index in [1.54, 1.807) is 24.4 Å². The average Bonchev–Trinajstić information content (AvgIpc) is 2.39. The maximum absolute atomic E-state index is 12.9. The smallest absolute Gasteiger partial charge is 0.141 e. The van der Waals surface area contributed by atoms with Crippen molar-refractivity contribution >= 4 is 0 Å². The van der Waals surface area contributed by atoms with Crippen molar-refractivity contribution in [3.63, 3.8) is 0 Å². The van der Waals surface area contributed by atoms with E-state index in [2.05, 4.69) is 9.97 Å². The van der Waals surface area contributed by atoms with Crippen LogP contribution in [0.2, 0.25) is 0 Å². The molecule has 3 rings (SSSR count). The molecular formula is C14H14FN3O. The van der Waals surface area contributed by atoms with Crippen LogP contribution in [0.3, 0.4) is 0 Å². The zero-order valence-corrected chi connectivity index (χ0v) is 10.3. The number of ether oxygens (including phenoxy) is 1. The SMILES string of the molecule is NCC1(c2nccc(-c3ccc(F)cc3)n2)COC1. The first-order valence-corrected chi connectivity index (χ1v) is 6.11. The van der Waals surface area contributed by atoms with Gasteiger partial charge in [0, 0.05) is 18.3 Å². The Morgan fingerprint density at radius 3 is 2.53 bits per heavy atom. The van der Waals surface area contributed by atoms with E-state index < -0.39 is 0 Å². The van der Waals surface area contributed by atoms with Crippen LogP contribution in [-0.4, -0.2) is 29.7 Å². The van der Waals surface area contributed by atoms with Crippen LogP contribution in [0.1, 0.15) is 5.82 Å². The largest absolute Gasteiger partial charge is 0.379 e. The second-order valence-corrected chi connectivity index (χ2v) is 4.75. The fourth-order valence-corrected chi connectivity index (χ4v) is 2.08. The summed E-state index contributed by atoms with van der Waals surface area (Å²) in [6, 6.07) is 8.05. The van der Waals surface area contributed by atoms with E-state index in [9.17, 15) is 4.39 Å². The maximum atomic E-state index is 12.9. The van der Waals surface area contributed by atoms with Crippen LogP contribution in [0, 0.1) is 5.82 Å². The first-order valence-electron chi connectivity index (χ1n) is 6.11. The van der Waals surface area contributed by atoms with E-state index in [1.165, 1.54) is 12.1 Å². The lowest BCUT2D eigenvalue weighted by atomic mass is 9.85. The van der Waals surface area contributed by atoms with Crippen LogP contribution >= 0.6 is 0 Å². The van der Waals surface area contributed by atoms with Gasteiger partial charge in [0.2, 0.25) is 0 Å². The van der Waals surface area contributed by atoms with Gasteiger partial charge in [-0.3, -0.25) is 0 Å². The van der Waals surface area contributed by atoms with Crippen LogP contribution < -0.4 is 5.73 Å². The third-order valence-corrected chi connectivity index (χ3v) is 3.42. The number of hydrogen-bond acceptors (Lipinski definition) is 4. The molecule has 2 heterocycles. The minimum absolute atomic E-state index is 0.260. The summed E-state index contributed by atoms with van der Waals surface area (Å²) >= 11 is 0. The van der Waals surface area contributed by atoms with E-state index in [1.807, 2.05) is 0 Å². The Morgan fingerprint density at radius 1 is 1.21 bits per heavy atom. The number of nitrogens with two attached hydrogens (primary N) is 1. The summed E-state index contributed by atoms with van der Waals surface area (Å²) in [5.41, 5.74) is 7.16. The van der Waals surface area contributed by atoms with Crippen molar-refractivity contribution in [2.45, 2.75) is 5.41 Å². The summed E-state index contributed by atoms with van der Waals surface area (Å²) in [5, 5.41) is 0. The molecule has 0 radical (unpaired) electrons. The molecular weight excluding hydrogens is 245 g/mol. The molecule has 19 heavy (non-hydrogen) atoms. The van der Waals surface area contributed by atoms with Gasteiger partial charge in [-0.25, -0.2) is 14.4 Å². The van der Waals surface area contributed by atoms with Gasteiger partial charge >= 0.3 is 0 Å². The summed E-state index contributed by atoms with van der Waals surface area (Å²) < 4.78 is 18.2. The number of rotatable bonds is 3. The van der Waals surface area contributed by atoms with E-state index >= 15 is 0 Å². The molecule has 0 saturated carbocycles. The zero-order valence-electron chi connectivity index (χ0n) is 10.3. The quantitative estimate of drug-likeness (QED) is 0.907. The molecule has 1 aliphatic rings. The molecule has 1 saturated heterocycles. The Hall–Kier alpha value is -1.85. The monoisotopic (exact) mass is 259 g/mol. The predicted molar refractivity (Wildman–Crippen MR) is 69.0 cm³/mol. The van der Waals surface area contributed by atoms with Gasteiger partial charge in [0.25, 0.3) is 0 Å². The van der Waals surface area contributed by atoms with Crippen LogP contribution in [-0.2, 0) is 10.2 Å². The third kappa shape index (κ3) is 2.11. The highest BCUT2D eigenvalue weighted by atomic mass is 19.1. The van der Waals surface area contributed by atoms with Gasteiger partial charge in [0.15, 0.2) is 0 Å². The second-order valence-electron chi connectivity index (χ2n) is 4.75. The maximum Gasteiger partial charge on any atom is 0.141 e. The van der Waals surface area contributed by atoms with Crippen LogP contribution in [0.15, 0.2) is 36.5 Å². The van der Waals surface area contributed by atoms with E-state index in [0.29, 0.717) is 25.6 Å². The van der Waals surface area contributed by atoms with Crippen molar-refractivity contribution in [3.05, 3.63) is 48.2 Å². The molecule has 1 aromatic heterocycles. The summed E-state index contributed by atoms with van der Waals surface area (Å²) in [6.45, 7) is 1.56. The number of benzene rings is 1. The summed E-state index contributed by atoms with van der Waals surface area (Å²) in [6.07, 6.45) is 1.71. The first kappa shape index (κ1) is 12.2. The number of nitrogens with zero attached hydrogens (tertiary/aromatic N) is 2. The number of hydrogen-bond donors (Lipinski definition) is 1. The Morgan fingerprint density at radius 2 is 1.95 bits per heavy atom. The molecule has 2 N–H and O–H groups in total. The molecule has 2 aromatic rings. The third-order valence-electron chi connectivity index (χ3n) is 3.42. The minimum atomic E-state index is -0.268. The van der Waals surface area contributed by atoms with Gasteiger partial charge in [-0.05, 0) is 30.3 Å². The van der Waals surface area contributed by atoms with Gasteiger partial charge in [-0.15, -0.1) is 0 Å².